The first-order valence-corrected chi connectivity index (χ1v) is 13.4. The van der Waals surface area contributed by atoms with Crippen LogP contribution in [0.3, 0.4) is 0 Å². The lowest BCUT2D eigenvalue weighted by Crippen LogP contribution is -2.66. The Bertz CT molecular complexity index is 1090. The third kappa shape index (κ3) is 10.7. The summed E-state index contributed by atoms with van der Waals surface area (Å²) in [5, 5.41) is 13.1. The molecule has 2 rings (SSSR count). The highest BCUT2D eigenvalue weighted by molar-refractivity contribution is 5.74. The normalized spacial score (nSPS) is 31.5. The third-order valence-electron chi connectivity index (χ3n) is 6.01. The molecule has 0 aromatic heterocycles. The Morgan fingerprint density at radius 2 is 1.00 bits per heavy atom. The van der Waals surface area contributed by atoms with Crippen molar-refractivity contribution in [3.8, 4) is 0 Å². The van der Waals surface area contributed by atoms with E-state index >= 15 is 0 Å². The van der Waals surface area contributed by atoms with Gasteiger partial charge in [-0.25, -0.2) is 0 Å². The molecule has 10 atom stereocenters. The second kappa shape index (κ2) is 16.3. The quantitative estimate of drug-likeness (QED) is 0.188. The zero-order valence-corrected chi connectivity index (χ0v) is 25.2. The first kappa shape index (κ1) is 36.3. The number of carbonyl (C=O) groups is 7. The van der Waals surface area contributed by atoms with E-state index in [1.54, 1.807) is 0 Å². The van der Waals surface area contributed by atoms with Gasteiger partial charge in [0.05, 0.1) is 6.61 Å². The number of nitrogens with one attached hydrogen (secondary N) is 1. The van der Waals surface area contributed by atoms with Crippen LogP contribution in [0.15, 0.2) is 0 Å². The van der Waals surface area contributed by atoms with Gasteiger partial charge in [0.1, 0.15) is 24.9 Å². The topological polar surface area (TPSA) is 235 Å². The summed E-state index contributed by atoms with van der Waals surface area (Å²) in [5.41, 5.74) is 0. The average Bonchev–Trinajstić information content (AvgIpc) is 2.87. The van der Waals surface area contributed by atoms with Crippen LogP contribution in [0.4, 0.5) is 0 Å². The van der Waals surface area contributed by atoms with E-state index < -0.39 is 116 Å². The summed E-state index contributed by atoms with van der Waals surface area (Å²) in [6.45, 7) is 6.37. The molecule has 2 aliphatic heterocycles. The number of rotatable bonds is 11. The second-order valence-electron chi connectivity index (χ2n) is 9.84. The fourth-order valence-corrected chi connectivity index (χ4v) is 4.62. The highest BCUT2D eigenvalue weighted by Gasteiger charge is 2.54. The number of amides is 1. The molecular weight excluding hydrogens is 598 g/mol. The standard InChI is InChI=1S/C26H37NO17/c1-10(28)27-19-22(40-14(5)32)20(38-12(3)30)17(43-25(19)35)9-37-26-24(42-16(7)34)23(41-15(6)33)21(39-13(4)31)18(44-26)8-36-11(2)29/h17-26,35H,8-9H2,1-7H3,(H,27,28)/t17-,18-,19-,20+,21-,22-,23+,24-,25+,26-/m1/s1. The van der Waals surface area contributed by atoms with Crippen molar-refractivity contribution in [3.05, 3.63) is 0 Å². The van der Waals surface area contributed by atoms with Crippen LogP contribution in [0.2, 0.25) is 0 Å². The van der Waals surface area contributed by atoms with Crippen LogP contribution in [-0.2, 0) is 76.2 Å². The molecule has 2 saturated heterocycles. The Morgan fingerprint density at radius 1 is 0.568 bits per heavy atom. The minimum absolute atomic E-state index is 0.515. The fraction of sp³-hybridized carbons (Fsp3) is 0.731. The maximum Gasteiger partial charge on any atom is 0.303 e. The summed E-state index contributed by atoms with van der Waals surface area (Å²) in [7, 11) is 0. The van der Waals surface area contributed by atoms with E-state index in [1.165, 1.54) is 0 Å². The van der Waals surface area contributed by atoms with Gasteiger partial charge < -0.3 is 53.1 Å². The number of aliphatic hydroxyl groups excluding tert-OH is 1. The minimum Gasteiger partial charge on any atom is -0.463 e. The molecule has 0 radical (unpaired) electrons. The summed E-state index contributed by atoms with van der Waals surface area (Å²) in [6.07, 6.45) is -13.6. The largest absolute Gasteiger partial charge is 0.463 e. The van der Waals surface area contributed by atoms with Crippen molar-refractivity contribution >= 4 is 41.7 Å². The van der Waals surface area contributed by atoms with Crippen molar-refractivity contribution in [2.24, 2.45) is 0 Å². The molecule has 0 aliphatic carbocycles. The Kier molecular flexibility index (Phi) is 13.4. The van der Waals surface area contributed by atoms with Crippen LogP contribution in [0.5, 0.6) is 0 Å². The molecule has 18 heteroatoms. The Labute approximate surface area is 251 Å². The Balaban J connectivity index is 2.48. The Hall–Kier alpha value is -3.87. The Morgan fingerprint density at radius 3 is 1.48 bits per heavy atom. The maximum atomic E-state index is 12.1. The van der Waals surface area contributed by atoms with E-state index in [0.717, 1.165) is 48.5 Å². The van der Waals surface area contributed by atoms with Gasteiger partial charge in [0.2, 0.25) is 5.91 Å². The highest BCUT2D eigenvalue weighted by atomic mass is 16.7. The zero-order valence-electron chi connectivity index (χ0n) is 25.2. The molecule has 0 spiro atoms. The SMILES string of the molecule is CC(=O)N[C@@H]1[C@@H](OC(C)=O)[C@@H](OC(C)=O)[C@@H](CO[C@@H]2O[C@H](COC(C)=O)[C@@H](OC(C)=O)[C@H](OC(C)=O)[C@H]2OC(C)=O)O[C@@H]1O. The summed E-state index contributed by atoms with van der Waals surface area (Å²) < 4.78 is 48.9. The first-order valence-electron chi connectivity index (χ1n) is 13.4. The predicted octanol–water partition coefficient (Wildman–Crippen LogP) is -1.83. The summed E-state index contributed by atoms with van der Waals surface area (Å²) in [6, 6.07) is -1.36. The van der Waals surface area contributed by atoms with Gasteiger partial charge in [0.25, 0.3) is 0 Å². The lowest BCUT2D eigenvalue weighted by molar-refractivity contribution is -0.322. The maximum absolute atomic E-state index is 12.1. The molecule has 248 valence electrons. The van der Waals surface area contributed by atoms with Crippen molar-refractivity contribution < 1.29 is 81.3 Å². The number of hydrogen-bond donors (Lipinski definition) is 2. The van der Waals surface area contributed by atoms with Gasteiger partial charge in [-0.3, -0.25) is 33.6 Å². The van der Waals surface area contributed by atoms with Crippen LogP contribution in [-0.4, -0.2) is 121 Å². The molecule has 2 heterocycles. The van der Waals surface area contributed by atoms with Crippen molar-refractivity contribution in [2.45, 2.75) is 110 Å². The average molecular weight is 636 g/mol. The van der Waals surface area contributed by atoms with Crippen molar-refractivity contribution in [1.82, 2.24) is 5.32 Å². The van der Waals surface area contributed by atoms with Crippen molar-refractivity contribution in [1.29, 1.82) is 0 Å². The van der Waals surface area contributed by atoms with Crippen LogP contribution >= 0.6 is 0 Å². The van der Waals surface area contributed by atoms with Crippen molar-refractivity contribution in [3.63, 3.8) is 0 Å². The van der Waals surface area contributed by atoms with Gasteiger partial charge >= 0.3 is 35.8 Å². The molecule has 0 saturated carbocycles. The van der Waals surface area contributed by atoms with E-state index in [4.69, 9.17) is 42.6 Å². The first-order chi connectivity index (χ1) is 20.5. The molecule has 2 N–H and O–H groups in total. The number of ether oxygens (including phenoxy) is 9. The molecule has 0 aromatic rings. The van der Waals surface area contributed by atoms with E-state index in [1.807, 2.05) is 0 Å². The molecule has 0 unspecified atom stereocenters. The van der Waals surface area contributed by atoms with Crippen LogP contribution in [0.1, 0.15) is 48.5 Å². The minimum atomic E-state index is -1.79. The molecule has 0 aromatic carbocycles. The lowest BCUT2D eigenvalue weighted by atomic mass is 9.96. The van der Waals surface area contributed by atoms with Gasteiger partial charge in [0, 0.05) is 48.5 Å². The fourth-order valence-electron chi connectivity index (χ4n) is 4.62. The molecule has 0 bridgehead atoms. The molecule has 44 heavy (non-hydrogen) atoms. The smallest absolute Gasteiger partial charge is 0.303 e. The van der Waals surface area contributed by atoms with Crippen LogP contribution in [0, 0.1) is 0 Å². The summed E-state index contributed by atoms with van der Waals surface area (Å²) >= 11 is 0. The van der Waals surface area contributed by atoms with Crippen molar-refractivity contribution in [2.75, 3.05) is 13.2 Å². The molecule has 18 nitrogen and oxygen atoms in total. The number of carbonyl (C=O) groups excluding carboxylic acids is 7. The molecular formula is C26H37NO17. The van der Waals surface area contributed by atoms with E-state index in [-0.39, 0.29) is 0 Å². The monoisotopic (exact) mass is 635 g/mol. The molecule has 1 amide bonds. The van der Waals surface area contributed by atoms with Gasteiger partial charge in [-0.15, -0.1) is 0 Å². The number of aliphatic hydroxyl groups is 1. The van der Waals surface area contributed by atoms with E-state index in [0.29, 0.717) is 0 Å². The van der Waals surface area contributed by atoms with Gasteiger partial charge in [-0.2, -0.15) is 0 Å². The second-order valence-corrected chi connectivity index (χ2v) is 9.84. The van der Waals surface area contributed by atoms with Gasteiger partial charge in [-0.1, -0.05) is 0 Å². The van der Waals surface area contributed by atoms with Crippen LogP contribution < -0.4 is 5.32 Å². The van der Waals surface area contributed by atoms with Gasteiger partial charge in [0.15, 0.2) is 43.1 Å². The number of hydrogen-bond acceptors (Lipinski definition) is 17. The van der Waals surface area contributed by atoms with Gasteiger partial charge in [-0.05, 0) is 0 Å². The van der Waals surface area contributed by atoms with E-state index in [2.05, 4.69) is 5.32 Å². The van der Waals surface area contributed by atoms with Crippen LogP contribution in [0.25, 0.3) is 0 Å². The van der Waals surface area contributed by atoms with E-state index in [9.17, 15) is 38.7 Å². The molecule has 2 aliphatic rings. The summed E-state index contributed by atoms with van der Waals surface area (Å²) in [4.78, 5) is 83.2. The predicted molar refractivity (Wildman–Crippen MR) is 138 cm³/mol. The third-order valence-corrected chi connectivity index (χ3v) is 6.01. The molecule has 2 fully saturated rings. The number of esters is 6. The highest BCUT2D eigenvalue weighted by Crippen LogP contribution is 2.32. The zero-order chi connectivity index (χ0) is 33.3. The lowest BCUT2D eigenvalue weighted by Gasteiger charge is -2.46. The summed E-state index contributed by atoms with van der Waals surface area (Å²) in [5.74, 6) is -5.59.